The van der Waals surface area contributed by atoms with Gasteiger partial charge in [-0.2, -0.15) is 13.2 Å². The van der Waals surface area contributed by atoms with E-state index in [1.807, 2.05) is 0 Å². The van der Waals surface area contributed by atoms with Gasteiger partial charge in [0.1, 0.15) is 11.3 Å². The van der Waals surface area contributed by atoms with E-state index < -0.39 is 11.7 Å². The van der Waals surface area contributed by atoms with Crippen molar-refractivity contribution in [3.05, 3.63) is 40.4 Å². The van der Waals surface area contributed by atoms with Crippen molar-refractivity contribution in [1.29, 1.82) is 0 Å². The number of hydrogen-bond donors (Lipinski definition) is 0. The summed E-state index contributed by atoms with van der Waals surface area (Å²) in [6, 6.07) is 5.74. The molecular formula is C13H10ClF3O. The fourth-order valence-electron chi connectivity index (χ4n) is 1.97. The molecule has 0 aliphatic carbocycles. The van der Waals surface area contributed by atoms with Crippen LogP contribution in [0, 0.1) is 6.92 Å². The van der Waals surface area contributed by atoms with Crippen molar-refractivity contribution in [1.82, 2.24) is 0 Å². The molecule has 0 aliphatic heterocycles. The Labute approximate surface area is 107 Å². The van der Waals surface area contributed by atoms with Crippen molar-refractivity contribution >= 4 is 22.4 Å². The molecule has 0 radical (unpaired) electrons. The highest BCUT2D eigenvalue weighted by atomic mass is 35.5. The molecule has 0 saturated heterocycles. The van der Waals surface area contributed by atoms with Crippen LogP contribution in [0.5, 0.6) is 5.75 Å². The van der Waals surface area contributed by atoms with E-state index in [2.05, 4.69) is 0 Å². The predicted octanol–water partition coefficient (Wildman–Crippen LogP) is 4.83. The summed E-state index contributed by atoms with van der Waals surface area (Å²) < 4.78 is 44.1. The van der Waals surface area contributed by atoms with Crippen molar-refractivity contribution in [3.8, 4) is 5.75 Å². The maximum Gasteiger partial charge on any atom is 0.420 e. The molecule has 2 aromatic rings. The number of rotatable bonds is 1. The molecule has 96 valence electrons. The van der Waals surface area contributed by atoms with Crippen LogP contribution < -0.4 is 4.74 Å². The van der Waals surface area contributed by atoms with Gasteiger partial charge in [0.15, 0.2) is 0 Å². The van der Waals surface area contributed by atoms with Crippen LogP contribution in [0.1, 0.15) is 11.1 Å². The average Bonchev–Trinajstić information content (AvgIpc) is 2.31. The summed E-state index contributed by atoms with van der Waals surface area (Å²) in [7, 11) is 1.22. The van der Waals surface area contributed by atoms with Gasteiger partial charge in [-0.05, 0) is 35.4 Å². The quantitative estimate of drug-likeness (QED) is 0.724. The number of fused-ring (bicyclic) bond motifs is 1. The Morgan fingerprint density at radius 1 is 1.06 bits per heavy atom. The molecule has 0 saturated carbocycles. The van der Waals surface area contributed by atoms with Crippen LogP contribution in [0.25, 0.3) is 10.8 Å². The van der Waals surface area contributed by atoms with Crippen LogP contribution in [-0.4, -0.2) is 7.11 Å². The van der Waals surface area contributed by atoms with Gasteiger partial charge in [-0.15, -0.1) is 0 Å². The van der Waals surface area contributed by atoms with E-state index in [-0.39, 0.29) is 11.1 Å². The normalized spacial score (nSPS) is 11.9. The maximum atomic E-state index is 13.1. The Morgan fingerprint density at radius 3 is 2.22 bits per heavy atom. The van der Waals surface area contributed by atoms with E-state index in [9.17, 15) is 13.2 Å². The Morgan fingerprint density at radius 2 is 1.67 bits per heavy atom. The largest absolute Gasteiger partial charge is 0.496 e. The lowest BCUT2D eigenvalue weighted by Crippen LogP contribution is -2.08. The van der Waals surface area contributed by atoms with Gasteiger partial charge >= 0.3 is 6.18 Å². The number of halogens is 4. The fraction of sp³-hybridized carbons (Fsp3) is 0.231. The molecule has 0 aromatic heterocycles. The van der Waals surface area contributed by atoms with Crippen molar-refractivity contribution in [2.45, 2.75) is 13.1 Å². The molecule has 0 spiro atoms. The Bertz CT molecular complexity index is 605. The number of aryl methyl sites for hydroxylation is 1. The van der Waals surface area contributed by atoms with E-state index in [0.29, 0.717) is 16.0 Å². The van der Waals surface area contributed by atoms with Gasteiger partial charge in [-0.25, -0.2) is 0 Å². The monoisotopic (exact) mass is 274 g/mol. The second-order valence-electron chi connectivity index (χ2n) is 3.91. The summed E-state index contributed by atoms with van der Waals surface area (Å²) in [6.45, 7) is 1.69. The molecule has 0 heterocycles. The number of alkyl halides is 3. The minimum Gasteiger partial charge on any atom is -0.496 e. The molecule has 2 aromatic carbocycles. The van der Waals surface area contributed by atoms with Gasteiger partial charge in [0.05, 0.1) is 7.11 Å². The number of ether oxygens (including phenoxy) is 1. The molecule has 2 rings (SSSR count). The molecule has 0 atom stereocenters. The van der Waals surface area contributed by atoms with Crippen molar-refractivity contribution in [2.75, 3.05) is 7.11 Å². The zero-order valence-electron chi connectivity index (χ0n) is 9.73. The molecule has 0 amide bonds. The molecule has 1 nitrogen and oxygen atoms in total. The average molecular weight is 275 g/mol. The van der Waals surface area contributed by atoms with Crippen LogP contribution in [0.2, 0.25) is 5.02 Å². The molecular weight excluding hydrogens is 265 g/mol. The Kier molecular flexibility index (Phi) is 3.15. The summed E-state index contributed by atoms with van der Waals surface area (Å²) in [5, 5.41) is 1.03. The van der Waals surface area contributed by atoms with E-state index in [4.69, 9.17) is 16.3 Å². The van der Waals surface area contributed by atoms with Gasteiger partial charge in [0.25, 0.3) is 0 Å². The van der Waals surface area contributed by atoms with Crippen molar-refractivity contribution < 1.29 is 17.9 Å². The molecule has 0 unspecified atom stereocenters. The van der Waals surface area contributed by atoms with Crippen molar-refractivity contribution in [3.63, 3.8) is 0 Å². The third kappa shape index (κ3) is 2.01. The molecule has 0 aliphatic rings. The van der Waals surface area contributed by atoms with E-state index in [0.717, 1.165) is 0 Å². The van der Waals surface area contributed by atoms with Crippen molar-refractivity contribution in [2.24, 2.45) is 0 Å². The number of hydrogen-bond acceptors (Lipinski definition) is 1. The second-order valence-corrected chi connectivity index (χ2v) is 4.32. The molecule has 0 N–H and O–H groups in total. The fourth-order valence-corrected chi connectivity index (χ4v) is 2.14. The third-order valence-electron chi connectivity index (χ3n) is 2.87. The lowest BCUT2D eigenvalue weighted by molar-refractivity contribution is -0.137. The van der Waals surface area contributed by atoms with E-state index >= 15 is 0 Å². The van der Waals surface area contributed by atoms with E-state index in [1.54, 1.807) is 13.0 Å². The molecule has 0 fully saturated rings. The first-order valence-electron chi connectivity index (χ1n) is 5.19. The first-order valence-corrected chi connectivity index (χ1v) is 5.57. The van der Waals surface area contributed by atoms with Crippen LogP contribution in [-0.2, 0) is 6.18 Å². The highest BCUT2D eigenvalue weighted by molar-refractivity contribution is 6.32. The first kappa shape index (κ1) is 13.0. The summed E-state index contributed by atoms with van der Waals surface area (Å²) in [5.74, 6) is -0.184. The lowest BCUT2D eigenvalue weighted by atomic mass is 9.99. The van der Waals surface area contributed by atoms with Crippen LogP contribution in [0.15, 0.2) is 24.3 Å². The van der Waals surface area contributed by atoms with Gasteiger partial charge in [-0.3, -0.25) is 0 Å². The lowest BCUT2D eigenvalue weighted by Gasteiger charge is -2.16. The molecule has 5 heteroatoms. The molecule has 0 bridgehead atoms. The van der Waals surface area contributed by atoms with Crippen LogP contribution >= 0.6 is 11.6 Å². The van der Waals surface area contributed by atoms with Gasteiger partial charge in [-0.1, -0.05) is 23.7 Å². The Hall–Kier alpha value is -1.42. The van der Waals surface area contributed by atoms with Gasteiger partial charge in [0.2, 0.25) is 0 Å². The maximum absolute atomic E-state index is 13.1. The summed E-state index contributed by atoms with van der Waals surface area (Å²) in [6.07, 6.45) is -4.47. The highest BCUT2D eigenvalue weighted by Crippen LogP contribution is 2.42. The van der Waals surface area contributed by atoms with Gasteiger partial charge in [0, 0.05) is 5.02 Å². The standard InChI is InChI=1S/C13H10ClF3O/c1-7-8-4-6-11(18-2)12(13(15,16)17)9(8)3-5-10(7)14/h3-6H,1-2H3. The Balaban J connectivity index is 2.91. The second kappa shape index (κ2) is 4.35. The zero-order valence-corrected chi connectivity index (χ0v) is 10.5. The van der Waals surface area contributed by atoms with Crippen LogP contribution in [0.4, 0.5) is 13.2 Å². The number of methoxy groups -OCH3 is 1. The predicted molar refractivity (Wildman–Crippen MR) is 65.2 cm³/mol. The smallest absolute Gasteiger partial charge is 0.420 e. The number of benzene rings is 2. The first-order chi connectivity index (χ1) is 8.36. The summed E-state index contributed by atoms with van der Waals surface area (Å²) in [4.78, 5) is 0. The third-order valence-corrected chi connectivity index (χ3v) is 3.28. The molecule has 18 heavy (non-hydrogen) atoms. The van der Waals surface area contributed by atoms with E-state index in [1.165, 1.54) is 25.3 Å². The minimum absolute atomic E-state index is 0.101. The minimum atomic E-state index is -4.47. The topological polar surface area (TPSA) is 9.23 Å². The highest BCUT2D eigenvalue weighted by Gasteiger charge is 2.36. The SMILES string of the molecule is COc1ccc2c(C)c(Cl)ccc2c1C(F)(F)F. The summed E-state index contributed by atoms with van der Waals surface area (Å²) in [5.41, 5.74) is -0.135. The zero-order chi connectivity index (χ0) is 13.5. The summed E-state index contributed by atoms with van der Waals surface area (Å²) >= 11 is 5.92. The van der Waals surface area contributed by atoms with Crippen LogP contribution in [0.3, 0.4) is 0 Å². The van der Waals surface area contributed by atoms with Gasteiger partial charge < -0.3 is 4.74 Å².